The van der Waals surface area contributed by atoms with Crippen LogP contribution in [0.1, 0.15) is 18.4 Å². The summed E-state index contributed by atoms with van der Waals surface area (Å²) in [6, 6.07) is 1.34. The molecule has 1 aromatic carbocycles. The van der Waals surface area contributed by atoms with Crippen LogP contribution in [-0.4, -0.2) is 26.2 Å². The van der Waals surface area contributed by atoms with Gasteiger partial charge in [-0.3, -0.25) is 0 Å². The lowest BCUT2D eigenvalue weighted by Crippen LogP contribution is -2.27. The van der Waals surface area contributed by atoms with Crippen molar-refractivity contribution in [2.75, 3.05) is 6.54 Å². The first-order chi connectivity index (χ1) is 9.57. The van der Waals surface area contributed by atoms with Crippen LogP contribution in [0, 0.1) is 11.6 Å². The molecule has 2 N–H and O–H groups in total. The van der Waals surface area contributed by atoms with Gasteiger partial charge in [-0.15, -0.1) is 0 Å². The summed E-state index contributed by atoms with van der Waals surface area (Å²) in [6.07, 6.45) is -6.17. The van der Waals surface area contributed by atoms with Crippen molar-refractivity contribution in [3.8, 4) is 0 Å². The Morgan fingerprint density at radius 2 is 1.81 bits per heavy atom. The van der Waals surface area contributed by atoms with E-state index >= 15 is 0 Å². The Hall–Kier alpha value is -1.26. The van der Waals surface area contributed by atoms with E-state index in [4.69, 9.17) is 5.11 Å². The maximum atomic E-state index is 13.5. The van der Waals surface area contributed by atoms with Crippen molar-refractivity contribution in [2.45, 2.75) is 30.5 Å². The molecule has 0 unspecified atom stereocenters. The van der Waals surface area contributed by atoms with E-state index in [0.717, 1.165) is 0 Å². The number of halogens is 5. The Morgan fingerprint density at radius 3 is 2.33 bits per heavy atom. The highest BCUT2D eigenvalue weighted by Gasteiger charge is 2.27. The number of rotatable bonds is 6. The van der Waals surface area contributed by atoms with Crippen molar-refractivity contribution >= 4 is 10.0 Å². The van der Waals surface area contributed by atoms with E-state index in [1.807, 2.05) is 0 Å². The van der Waals surface area contributed by atoms with Gasteiger partial charge in [0.2, 0.25) is 10.0 Å². The lowest BCUT2D eigenvalue weighted by atomic mass is 10.2. The molecule has 4 nitrogen and oxygen atoms in total. The normalized spacial score (nSPS) is 12.7. The molecular formula is C11H12F5NO3S. The molecule has 1 aromatic rings. The van der Waals surface area contributed by atoms with Crippen LogP contribution in [0.3, 0.4) is 0 Å². The Labute approximate surface area is 117 Å². The highest BCUT2D eigenvalue weighted by Crippen LogP contribution is 2.22. The Balaban J connectivity index is 2.86. The third-order valence-electron chi connectivity index (χ3n) is 2.46. The molecule has 0 saturated carbocycles. The molecule has 10 heteroatoms. The van der Waals surface area contributed by atoms with Crippen LogP contribution in [0.2, 0.25) is 0 Å². The Morgan fingerprint density at radius 1 is 1.19 bits per heavy atom. The van der Waals surface area contributed by atoms with E-state index in [0.29, 0.717) is 12.1 Å². The van der Waals surface area contributed by atoms with Gasteiger partial charge in [0.15, 0.2) is 11.6 Å². The quantitative estimate of drug-likeness (QED) is 0.619. The maximum Gasteiger partial charge on any atom is 0.389 e. The first-order valence-corrected chi connectivity index (χ1v) is 7.20. The van der Waals surface area contributed by atoms with E-state index in [1.54, 1.807) is 4.72 Å². The van der Waals surface area contributed by atoms with E-state index in [-0.39, 0.29) is 5.56 Å². The van der Waals surface area contributed by atoms with E-state index in [2.05, 4.69) is 0 Å². The zero-order valence-corrected chi connectivity index (χ0v) is 11.4. The third kappa shape index (κ3) is 5.21. The lowest BCUT2D eigenvalue weighted by Gasteiger charge is -2.10. The maximum absolute atomic E-state index is 13.5. The zero-order chi connectivity index (χ0) is 16.3. The number of aliphatic hydroxyl groups excluding tert-OH is 1. The number of benzene rings is 1. The Kier molecular flexibility index (Phi) is 5.65. The number of aliphatic hydroxyl groups is 1. The molecule has 0 aliphatic rings. The topological polar surface area (TPSA) is 66.4 Å². The van der Waals surface area contributed by atoms with Crippen LogP contribution in [0.5, 0.6) is 0 Å². The molecule has 0 spiro atoms. The van der Waals surface area contributed by atoms with Gasteiger partial charge in [-0.05, 0) is 24.1 Å². The second-order valence-electron chi connectivity index (χ2n) is 4.16. The summed E-state index contributed by atoms with van der Waals surface area (Å²) in [5.74, 6) is -3.13. The average molecular weight is 333 g/mol. The summed E-state index contributed by atoms with van der Waals surface area (Å²) in [6.45, 7) is -1.29. The number of alkyl halides is 3. The fourth-order valence-corrected chi connectivity index (χ4v) is 2.69. The van der Waals surface area contributed by atoms with Crippen molar-refractivity contribution in [1.29, 1.82) is 0 Å². The second kappa shape index (κ2) is 6.67. The molecule has 0 atom stereocenters. The van der Waals surface area contributed by atoms with Gasteiger partial charge in [0.05, 0.1) is 6.61 Å². The van der Waals surface area contributed by atoms with E-state index in [1.165, 1.54) is 0 Å². The first kappa shape index (κ1) is 17.8. The molecule has 0 aromatic heterocycles. The summed E-state index contributed by atoms with van der Waals surface area (Å²) in [4.78, 5) is -1.06. The van der Waals surface area contributed by atoms with Gasteiger partial charge >= 0.3 is 6.18 Å². The second-order valence-corrected chi connectivity index (χ2v) is 5.90. The van der Waals surface area contributed by atoms with Crippen LogP contribution in [0.15, 0.2) is 17.0 Å². The molecule has 0 amide bonds. The van der Waals surface area contributed by atoms with Crippen LogP contribution >= 0.6 is 0 Å². The van der Waals surface area contributed by atoms with Gasteiger partial charge in [-0.25, -0.2) is 21.9 Å². The standard InChI is InChI=1S/C11H12F5NO3S/c12-8-4-7(6-18)5-9(10(8)13)21(19,20)17-3-1-2-11(14,15)16/h4-5,17-18H,1-3,6H2. The fraction of sp³-hybridized carbons (Fsp3) is 0.455. The molecule has 1 rings (SSSR count). The minimum atomic E-state index is -4.51. The minimum absolute atomic E-state index is 0.176. The largest absolute Gasteiger partial charge is 0.392 e. The summed E-state index contributed by atoms with van der Waals surface area (Å²) >= 11 is 0. The number of nitrogens with one attached hydrogen (secondary N) is 1. The van der Waals surface area contributed by atoms with Gasteiger partial charge in [0, 0.05) is 13.0 Å². The molecule has 120 valence electrons. The monoisotopic (exact) mass is 333 g/mol. The zero-order valence-electron chi connectivity index (χ0n) is 10.5. The van der Waals surface area contributed by atoms with Crippen molar-refractivity contribution in [3.63, 3.8) is 0 Å². The van der Waals surface area contributed by atoms with Crippen molar-refractivity contribution in [3.05, 3.63) is 29.3 Å². The molecule has 0 aliphatic heterocycles. The van der Waals surface area contributed by atoms with Gasteiger partial charge < -0.3 is 5.11 Å². The fourth-order valence-electron chi connectivity index (χ4n) is 1.48. The molecular weight excluding hydrogens is 321 g/mol. The predicted molar refractivity (Wildman–Crippen MR) is 62.8 cm³/mol. The molecule has 0 saturated heterocycles. The molecule has 0 aliphatic carbocycles. The first-order valence-electron chi connectivity index (χ1n) is 5.72. The average Bonchev–Trinajstić information content (AvgIpc) is 2.36. The van der Waals surface area contributed by atoms with E-state index < -0.39 is 58.7 Å². The predicted octanol–water partition coefficient (Wildman–Crippen LogP) is 2.08. The summed E-state index contributed by atoms with van der Waals surface area (Å²) in [7, 11) is -4.51. The van der Waals surface area contributed by atoms with Crippen molar-refractivity contribution in [1.82, 2.24) is 4.72 Å². The third-order valence-corrected chi connectivity index (χ3v) is 3.92. The van der Waals surface area contributed by atoms with Gasteiger partial charge in [0.25, 0.3) is 0 Å². The van der Waals surface area contributed by atoms with Gasteiger partial charge in [-0.1, -0.05) is 0 Å². The SMILES string of the molecule is O=S(=O)(NCCCC(F)(F)F)c1cc(CO)cc(F)c1F. The minimum Gasteiger partial charge on any atom is -0.392 e. The number of hydrogen-bond donors (Lipinski definition) is 2. The van der Waals surface area contributed by atoms with Gasteiger partial charge in [0.1, 0.15) is 4.90 Å². The molecule has 0 heterocycles. The number of sulfonamides is 1. The van der Waals surface area contributed by atoms with Gasteiger partial charge in [-0.2, -0.15) is 13.2 Å². The van der Waals surface area contributed by atoms with Crippen molar-refractivity contribution in [2.24, 2.45) is 0 Å². The lowest BCUT2D eigenvalue weighted by molar-refractivity contribution is -0.135. The van der Waals surface area contributed by atoms with Crippen LogP contribution in [-0.2, 0) is 16.6 Å². The summed E-state index contributed by atoms with van der Waals surface area (Å²) in [5, 5.41) is 8.82. The Bertz CT molecular complexity index is 601. The molecule has 21 heavy (non-hydrogen) atoms. The molecule has 0 radical (unpaired) electrons. The number of hydrogen-bond acceptors (Lipinski definition) is 3. The van der Waals surface area contributed by atoms with Crippen molar-refractivity contribution < 1.29 is 35.5 Å². The smallest absolute Gasteiger partial charge is 0.389 e. The molecule has 0 bridgehead atoms. The summed E-state index contributed by atoms with van der Waals surface area (Å²) in [5.41, 5.74) is -0.176. The van der Waals surface area contributed by atoms with Crippen LogP contribution in [0.25, 0.3) is 0 Å². The molecule has 0 fully saturated rings. The summed E-state index contributed by atoms with van der Waals surface area (Å²) < 4.78 is 87.5. The highest BCUT2D eigenvalue weighted by molar-refractivity contribution is 7.89. The van der Waals surface area contributed by atoms with Crippen LogP contribution < -0.4 is 4.72 Å². The van der Waals surface area contributed by atoms with E-state index in [9.17, 15) is 30.4 Å². The van der Waals surface area contributed by atoms with Crippen LogP contribution in [0.4, 0.5) is 22.0 Å². The highest BCUT2D eigenvalue weighted by atomic mass is 32.2.